The van der Waals surface area contributed by atoms with Crippen molar-refractivity contribution >= 4 is 27.3 Å². The number of anilines is 1. The number of aromatic nitrogens is 1. The minimum atomic E-state index is -4.27. The summed E-state index contributed by atoms with van der Waals surface area (Å²) in [6.07, 6.45) is -2.24. The third kappa shape index (κ3) is 2.33. The Balaban J connectivity index is 3.59. The fourth-order valence-electron chi connectivity index (χ4n) is 0.941. The van der Waals surface area contributed by atoms with Gasteiger partial charge in [-0.15, -0.1) is 0 Å². The van der Waals surface area contributed by atoms with E-state index in [0.717, 1.165) is 0 Å². The molecule has 0 amide bonds. The van der Waals surface area contributed by atoms with Crippen LogP contribution in [0.1, 0.15) is 12.0 Å². The third-order valence-electron chi connectivity index (χ3n) is 1.58. The first-order chi connectivity index (χ1) is 6.75. The van der Waals surface area contributed by atoms with E-state index >= 15 is 0 Å². The molecule has 4 N–H and O–H groups in total. The standard InChI is InChI=1S/C6H6ClF2N3O2S/c7-5-4(15(11,13)14)3(10)2(1-12-5)6(8)9/h1,6H,(H2,10,12)(H2,11,13,14). The lowest BCUT2D eigenvalue weighted by molar-refractivity contribution is 0.151. The van der Waals surface area contributed by atoms with Crippen LogP contribution in [0.25, 0.3) is 0 Å². The molecule has 0 spiro atoms. The molecule has 0 unspecified atom stereocenters. The molecule has 0 fully saturated rings. The van der Waals surface area contributed by atoms with E-state index in [4.69, 9.17) is 22.5 Å². The van der Waals surface area contributed by atoms with Crippen LogP contribution in [0, 0.1) is 0 Å². The van der Waals surface area contributed by atoms with E-state index in [1.54, 1.807) is 0 Å². The number of hydrogen-bond acceptors (Lipinski definition) is 4. The average molecular weight is 258 g/mol. The van der Waals surface area contributed by atoms with Crippen molar-refractivity contribution in [1.29, 1.82) is 0 Å². The molecule has 1 rings (SSSR count). The molecule has 0 aliphatic heterocycles. The normalized spacial score (nSPS) is 12.1. The minimum Gasteiger partial charge on any atom is -0.397 e. The molecule has 5 nitrogen and oxygen atoms in total. The van der Waals surface area contributed by atoms with Crippen molar-refractivity contribution < 1.29 is 17.2 Å². The lowest BCUT2D eigenvalue weighted by Crippen LogP contribution is -2.16. The van der Waals surface area contributed by atoms with Gasteiger partial charge in [-0.1, -0.05) is 11.6 Å². The van der Waals surface area contributed by atoms with Crippen molar-refractivity contribution in [3.05, 3.63) is 16.9 Å². The van der Waals surface area contributed by atoms with Gasteiger partial charge in [-0.25, -0.2) is 27.3 Å². The maximum absolute atomic E-state index is 12.3. The summed E-state index contributed by atoms with van der Waals surface area (Å²) < 4.78 is 46.6. The molecule has 9 heteroatoms. The average Bonchev–Trinajstić information content (AvgIpc) is 2.00. The van der Waals surface area contributed by atoms with Crippen molar-refractivity contribution in [2.45, 2.75) is 11.3 Å². The van der Waals surface area contributed by atoms with Crippen molar-refractivity contribution in [3.63, 3.8) is 0 Å². The van der Waals surface area contributed by atoms with Gasteiger partial charge in [-0.2, -0.15) is 0 Å². The van der Waals surface area contributed by atoms with E-state index in [1.165, 1.54) is 0 Å². The zero-order chi connectivity index (χ0) is 11.8. The molecule has 15 heavy (non-hydrogen) atoms. The molecule has 0 radical (unpaired) electrons. The summed E-state index contributed by atoms with van der Waals surface area (Å²) in [7, 11) is -4.27. The number of sulfonamides is 1. The SMILES string of the molecule is Nc1c(C(F)F)cnc(Cl)c1S(N)(=O)=O. The van der Waals surface area contributed by atoms with E-state index in [9.17, 15) is 17.2 Å². The molecular formula is C6H6ClF2N3O2S. The molecule has 1 aromatic rings. The molecule has 1 heterocycles. The number of nitrogen functional groups attached to an aromatic ring is 1. The van der Waals surface area contributed by atoms with Gasteiger partial charge in [-0.3, -0.25) is 0 Å². The molecule has 0 atom stereocenters. The first-order valence-corrected chi connectivity index (χ1v) is 5.42. The maximum Gasteiger partial charge on any atom is 0.267 e. The highest BCUT2D eigenvalue weighted by atomic mass is 35.5. The van der Waals surface area contributed by atoms with Crippen molar-refractivity contribution in [3.8, 4) is 0 Å². The lowest BCUT2D eigenvalue weighted by Gasteiger charge is -2.09. The smallest absolute Gasteiger partial charge is 0.267 e. The second-order valence-corrected chi connectivity index (χ2v) is 4.45. The van der Waals surface area contributed by atoms with Gasteiger partial charge >= 0.3 is 0 Å². The number of nitrogens with two attached hydrogens (primary N) is 2. The predicted octanol–water partition coefficient (Wildman–Crippen LogP) is 0.902. The highest BCUT2D eigenvalue weighted by Crippen LogP contribution is 2.32. The fraction of sp³-hybridized carbons (Fsp3) is 0.167. The second-order valence-electron chi connectivity index (χ2n) is 2.59. The van der Waals surface area contributed by atoms with Crippen LogP contribution in [0.15, 0.2) is 11.1 Å². The molecule has 0 aliphatic carbocycles. The van der Waals surface area contributed by atoms with Gasteiger partial charge in [-0.05, 0) is 0 Å². The van der Waals surface area contributed by atoms with Crippen LogP contribution >= 0.6 is 11.6 Å². The van der Waals surface area contributed by atoms with E-state index in [1.807, 2.05) is 0 Å². The Morgan fingerprint density at radius 3 is 2.40 bits per heavy atom. The Bertz CT molecular complexity index is 491. The highest BCUT2D eigenvalue weighted by Gasteiger charge is 2.24. The van der Waals surface area contributed by atoms with E-state index in [0.29, 0.717) is 6.20 Å². The zero-order valence-electron chi connectivity index (χ0n) is 7.12. The van der Waals surface area contributed by atoms with Crippen LogP contribution in [0.4, 0.5) is 14.5 Å². The summed E-state index contributed by atoms with van der Waals surface area (Å²) in [5, 5.41) is 4.22. The first-order valence-electron chi connectivity index (χ1n) is 3.50. The van der Waals surface area contributed by atoms with Gasteiger partial charge in [0.1, 0.15) is 4.90 Å². The summed E-state index contributed by atoms with van der Waals surface area (Å²) in [6, 6.07) is 0. The number of nitrogens with zero attached hydrogens (tertiary/aromatic N) is 1. The number of hydrogen-bond donors (Lipinski definition) is 2. The zero-order valence-corrected chi connectivity index (χ0v) is 8.69. The Morgan fingerprint density at radius 1 is 1.47 bits per heavy atom. The Labute approximate surface area is 89.1 Å². The maximum atomic E-state index is 12.3. The monoisotopic (exact) mass is 257 g/mol. The number of alkyl halides is 2. The van der Waals surface area contributed by atoms with Crippen LogP contribution in [0.3, 0.4) is 0 Å². The van der Waals surface area contributed by atoms with Crippen LogP contribution in [-0.2, 0) is 10.0 Å². The van der Waals surface area contributed by atoms with Gasteiger partial charge in [0.25, 0.3) is 6.43 Å². The topological polar surface area (TPSA) is 99.1 Å². The summed E-state index contributed by atoms with van der Waals surface area (Å²) >= 11 is 5.40. The molecule has 0 saturated carbocycles. The fourth-order valence-corrected chi connectivity index (χ4v) is 2.13. The minimum absolute atomic E-state index is 0.528. The largest absolute Gasteiger partial charge is 0.397 e. The Morgan fingerprint density at radius 2 is 2.00 bits per heavy atom. The molecule has 0 saturated heterocycles. The van der Waals surface area contributed by atoms with Crippen LogP contribution in [0.5, 0.6) is 0 Å². The van der Waals surface area contributed by atoms with Crippen molar-refractivity contribution in [1.82, 2.24) is 4.98 Å². The number of pyridine rings is 1. The Hall–Kier alpha value is -0.990. The van der Waals surface area contributed by atoms with Crippen LogP contribution in [0.2, 0.25) is 5.15 Å². The first kappa shape index (κ1) is 12.1. The Kier molecular flexibility index (Phi) is 3.12. The summed E-state index contributed by atoms with van der Waals surface area (Å²) in [4.78, 5) is 2.50. The van der Waals surface area contributed by atoms with E-state index < -0.39 is 37.7 Å². The number of halogens is 3. The van der Waals surface area contributed by atoms with E-state index in [2.05, 4.69) is 4.98 Å². The van der Waals surface area contributed by atoms with Crippen molar-refractivity contribution in [2.24, 2.45) is 5.14 Å². The molecule has 0 aromatic carbocycles. The second kappa shape index (κ2) is 3.87. The summed E-state index contributed by atoms with van der Waals surface area (Å²) in [5.41, 5.74) is 3.81. The third-order valence-corrected chi connectivity index (χ3v) is 2.96. The number of rotatable bonds is 2. The molecular weight excluding hydrogens is 252 g/mol. The summed E-state index contributed by atoms with van der Waals surface area (Å²) in [6.45, 7) is 0. The molecule has 84 valence electrons. The van der Waals surface area contributed by atoms with Gasteiger partial charge in [0.15, 0.2) is 5.15 Å². The number of primary sulfonamides is 1. The summed E-state index contributed by atoms with van der Waals surface area (Å²) in [5.74, 6) is 0. The molecule has 0 aliphatic rings. The van der Waals surface area contributed by atoms with Gasteiger partial charge in [0, 0.05) is 6.20 Å². The van der Waals surface area contributed by atoms with Crippen molar-refractivity contribution in [2.75, 3.05) is 5.73 Å². The van der Waals surface area contributed by atoms with Crippen LogP contribution in [-0.4, -0.2) is 13.4 Å². The highest BCUT2D eigenvalue weighted by molar-refractivity contribution is 7.89. The van der Waals surface area contributed by atoms with E-state index in [-0.39, 0.29) is 0 Å². The predicted molar refractivity (Wildman–Crippen MR) is 50.0 cm³/mol. The quantitative estimate of drug-likeness (QED) is 0.769. The van der Waals surface area contributed by atoms with Crippen LogP contribution < -0.4 is 10.9 Å². The van der Waals surface area contributed by atoms with Gasteiger partial charge < -0.3 is 5.73 Å². The molecule has 0 bridgehead atoms. The van der Waals surface area contributed by atoms with Gasteiger partial charge in [0.2, 0.25) is 10.0 Å². The van der Waals surface area contributed by atoms with Gasteiger partial charge in [0.05, 0.1) is 11.3 Å². The lowest BCUT2D eigenvalue weighted by atomic mass is 10.2. The molecule has 1 aromatic heterocycles.